The van der Waals surface area contributed by atoms with Crippen LogP contribution in [0.3, 0.4) is 0 Å². The van der Waals surface area contributed by atoms with Gasteiger partial charge in [-0.25, -0.2) is 9.59 Å². The molecule has 1 aromatic rings. The Morgan fingerprint density at radius 3 is 2.55 bits per heavy atom. The fraction of sp³-hybridized carbons (Fsp3) is 0.571. The van der Waals surface area contributed by atoms with Crippen LogP contribution in [0.4, 0.5) is 10.5 Å². The van der Waals surface area contributed by atoms with Gasteiger partial charge >= 0.3 is 12.1 Å². The van der Waals surface area contributed by atoms with E-state index < -0.39 is 5.60 Å². The maximum Gasteiger partial charge on any atom is 0.414 e. The molecule has 5 heteroatoms. The molecule has 5 nitrogen and oxygen atoms in total. The van der Waals surface area contributed by atoms with Gasteiger partial charge in [-0.15, -0.1) is 0 Å². The average molecular weight is 454 g/mol. The highest BCUT2D eigenvalue weighted by atomic mass is 16.6. The lowest BCUT2D eigenvalue weighted by Gasteiger charge is -2.40. The molecule has 33 heavy (non-hydrogen) atoms. The summed E-state index contributed by atoms with van der Waals surface area (Å²) >= 11 is 0. The molecule has 0 radical (unpaired) electrons. The van der Waals surface area contributed by atoms with Gasteiger partial charge in [0, 0.05) is 12.6 Å². The van der Waals surface area contributed by atoms with Gasteiger partial charge in [0.25, 0.3) is 0 Å². The lowest BCUT2D eigenvalue weighted by atomic mass is 9.76. The third kappa shape index (κ3) is 5.69. The van der Waals surface area contributed by atoms with E-state index in [1.807, 2.05) is 33.8 Å². The number of carbonyl (C=O) groups is 2. The lowest BCUT2D eigenvalue weighted by molar-refractivity contribution is -0.137. The van der Waals surface area contributed by atoms with Crippen LogP contribution in [-0.2, 0) is 25.1 Å². The van der Waals surface area contributed by atoms with E-state index in [2.05, 4.69) is 45.0 Å². The highest BCUT2D eigenvalue weighted by molar-refractivity contribution is 5.90. The molecule has 0 spiro atoms. The minimum atomic E-state index is -0.523. The third-order valence-electron chi connectivity index (χ3n) is 6.78. The van der Waals surface area contributed by atoms with Crippen molar-refractivity contribution in [2.45, 2.75) is 84.7 Å². The van der Waals surface area contributed by atoms with Crippen LogP contribution < -0.4 is 4.90 Å². The van der Waals surface area contributed by atoms with E-state index >= 15 is 0 Å². The summed E-state index contributed by atoms with van der Waals surface area (Å²) in [6, 6.07) is 6.54. The maximum atomic E-state index is 12.9. The van der Waals surface area contributed by atoms with Gasteiger partial charge in [0.1, 0.15) is 5.60 Å². The van der Waals surface area contributed by atoms with Crippen LogP contribution in [0.2, 0.25) is 0 Å². The summed E-state index contributed by atoms with van der Waals surface area (Å²) in [5, 5.41) is 0. The SMILES string of the molecule is CCOC(=O)/C=C(C)/C=C/C1CC1(C)c1ccc2c(c1)C(C)(C)CCN2C(=O)OC(C)(C)C. The van der Waals surface area contributed by atoms with E-state index in [9.17, 15) is 9.59 Å². The first kappa shape index (κ1) is 25.1. The number of anilines is 1. The van der Waals surface area contributed by atoms with E-state index in [0.29, 0.717) is 19.1 Å². The Morgan fingerprint density at radius 1 is 1.21 bits per heavy atom. The second-order valence-electron chi connectivity index (χ2n) is 11.2. The van der Waals surface area contributed by atoms with Gasteiger partial charge in [0.05, 0.1) is 12.3 Å². The summed E-state index contributed by atoms with van der Waals surface area (Å²) in [7, 11) is 0. The first-order valence-corrected chi connectivity index (χ1v) is 12.0. The van der Waals surface area contributed by atoms with Crippen molar-refractivity contribution in [2.24, 2.45) is 5.92 Å². The molecule has 1 amide bonds. The second kappa shape index (κ2) is 9.00. The van der Waals surface area contributed by atoms with Gasteiger partial charge in [-0.2, -0.15) is 0 Å². The van der Waals surface area contributed by atoms with Crippen molar-refractivity contribution in [3.05, 3.63) is 53.1 Å². The molecule has 1 aromatic carbocycles. The first-order valence-electron chi connectivity index (χ1n) is 12.0. The highest BCUT2D eigenvalue weighted by Crippen LogP contribution is 2.56. The van der Waals surface area contributed by atoms with Crippen molar-refractivity contribution in [1.82, 2.24) is 0 Å². The number of ether oxygens (including phenoxy) is 2. The summed E-state index contributed by atoms with van der Waals surface area (Å²) in [4.78, 5) is 26.3. The molecule has 1 aliphatic heterocycles. The summed E-state index contributed by atoms with van der Waals surface area (Å²) < 4.78 is 10.6. The van der Waals surface area contributed by atoms with Crippen LogP contribution >= 0.6 is 0 Å². The quantitative estimate of drug-likeness (QED) is 0.292. The Labute approximate surface area is 198 Å². The molecular formula is C28H39NO4. The van der Waals surface area contributed by atoms with Crippen molar-refractivity contribution in [1.29, 1.82) is 0 Å². The van der Waals surface area contributed by atoms with E-state index in [4.69, 9.17) is 9.47 Å². The number of hydrogen-bond acceptors (Lipinski definition) is 4. The smallest absolute Gasteiger partial charge is 0.414 e. The number of fused-ring (bicyclic) bond motifs is 1. The zero-order valence-corrected chi connectivity index (χ0v) is 21.5. The molecule has 2 unspecified atom stereocenters. The fourth-order valence-electron chi connectivity index (χ4n) is 4.52. The molecule has 1 saturated carbocycles. The number of hydrogen-bond donors (Lipinski definition) is 0. The fourth-order valence-corrected chi connectivity index (χ4v) is 4.52. The van der Waals surface area contributed by atoms with E-state index in [0.717, 1.165) is 24.1 Å². The van der Waals surface area contributed by atoms with Crippen LogP contribution in [-0.4, -0.2) is 30.8 Å². The molecule has 0 bridgehead atoms. The van der Waals surface area contributed by atoms with E-state index in [-0.39, 0.29) is 22.9 Å². The van der Waals surface area contributed by atoms with Crippen LogP contribution in [0, 0.1) is 5.92 Å². The molecule has 1 fully saturated rings. The molecule has 1 heterocycles. The molecule has 2 aliphatic rings. The molecule has 0 aromatic heterocycles. The second-order valence-corrected chi connectivity index (χ2v) is 11.2. The van der Waals surface area contributed by atoms with Crippen LogP contribution in [0.25, 0.3) is 0 Å². The van der Waals surface area contributed by atoms with Gasteiger partial charge < -0.3 is 9.47 Å². The van der Waals surface area contributed by atoms with E-state index in [1.54, 1.807) is 11.8 Å². The van der Waals surface area contributed by atoms with Crippen LogP contribution in [0.15, 0.2) is 42.0 Å². The maximum absolute atomic E-state index is 12.9. The average Bonchev–Trinajstić information content (AvgIpc) is 3.36. The zero-order chi connectivity index (χ0) is 24.6. The monoisotopic (exact) mass is 453 g/mol. The molecule has 2 atom stereocenters. The predicted octanol–water partition coefficient (Wildman–Crippen LogP) is 6.45. The number of benzene rings is 1. The molecule has 0 N–H and O–H groups in total. The standard InChI is InChI=1S/C28H39NO4/c1-9-32-24(30)16-19(2)10-11-21-18-28(21,8)20-12-13-23-22(17-20)27(6,7)14-15-29(23)25(31)33-26(3,4)5/h10-13,16-17,21H,9,14-15,18H2,1-8H3/b11-10+,19-16+. The summed E-state index contributed by atoms with van der Waals surface area (Å²) in [6.07, 6.45) is 7.41. The molecule has 180 valence electrons. The third-order valence-corrected chi connectivity index (χ3v) is 6.78. The topological polar surface area (TPSA) is 55.8 Å². The van der Waals surface area contributed by atoms with E-state index in [1.165, 1.54) is 17.2 Å². The Hall–Kier alpha value is -2.56. The Balaban J connectivity index is 1.82. The summed E-state index contributed by atoms with van der Waals surface area (Å²) in [5.74, 6) is 0.111. The van der Waals surface area contributed by atoms with Crippen LogP contribution in [0.1, 0.15) is 79.4 Å². The Morgan fingerprint density at radius 2 is 1.91 bits per heavy atom. The van der Waals surface area contributed by atoms with Crippen molar-refractivity contribution >= 4 is 17.7 Å². The van der Waals surface area contributed by atoms with Crippen molar-refractivity contribution in [2.75, 3.05) is 18.1 Å². The minimum absolute atomic E-state index is 0.0145. The number of nitrogens with zero attached hydrogens (tertiary/aromatic N) is 1. The largest absolute Gasteiger partial charge is 0.463 e. The van der Waals surface area contributed by atoms with Gasteiger partial charge in [-0.3, -0.25) is 4.90 Å². The van der Waals surface area contributed by atoms with Crippen molar-refractivity contribution in [3.63, 3.8) is 0 Å². The number of esters is 1. The number of amides is 1. The number of carbonyl (C=O) groups excluding carboxylic acids is 2. The summed E-state index contributed by atoms with van der Waals surface area (Å²) in [5.41, 5.74) is 3.86. The van der Waals surface area contributed by atoms with Crippen molar-refractivity contribution in [3.8, 4) is 0 Å². The predicted molar refractivity (Wildman–Crippen MR) is 133 cm³/mol. The Kier molecular flexibility index (Phi) is 6.84. The van der Waals surface area contributed by atoms with Gasteiger partial charge in [0.2, 0.25) is 0 Å². The van der Waals surface area contributed by atoms with Gasteiger partial charge in [-0.05, 0) is 87.0 Å². The molecule has 0 saturated heterocycles. The van der Waals surface area contributed by atoms with Gasteiger partial charge in [-0.1, -0.05) is 45.1 Å². The van der Waals surface area contributed by atoms with Gasteiger partial charge in [0.15, 0.2) is 0 Å². The first-order chi connectivity index (χ1) is 15.3. The summed E-state index contributed by atoms with van der Waals surface area (Å²) in [6.45, 7) is 17.2. The minimum Gasteiger partial charge on any atom is -0.463 e. The van der Waals surface area contributed by atoms with Crippen molar-refractivity contribution < 1.29 is 19.1 Å². The number of rotatable bonds is 5. The Bertz CT molecular complexity index is 982. The molecule has 3 rings (SSSR count). The number of allylic oxidation sites excluding steroid dienone is 3. The molecule has 1 aliphatic carbocycles. The van der Waals surface area contributed by atoms with Crippen LogP contribution in [0.5, 0.6) is 0 Å². The molecular weight excluding hydrogens is 414 g/mol. The highest BCUT2D eigenvalue weighted by Gasteiger charge is 2.50. The normalized spacial score (nSPS) is 24.4. The lowest BCUT2D eigenvalue weighted by Crippen LogP contribution is -2.43. The zero-order valence-electron chi connectivity index (χ0n) is 21.5.